The van der Waals surface area contributed by atoms with Crippen molar-refractivity contribution in [3.8, 4) is 5.69 Å². The Bertz CT molecular complexity index is 639. The second-order valence-corrected chi connectivity index (χ2v) is 4.96. The maximum atomic E-state index is 11.1. The monoisotopic (exact) mass is 329 g/mol. The standard InChI is InChI=1S/C11H9BrClN3O2/c1-6-10(12)7(2)15(14-6)9-5-3-4-8(13)11(9)16(17)18/h3-5H,1-2H3. The molecule has 5 nitrogen and oxygen atoms in total. The molecule has 0 amide bonds. The van der Waals surface area contributed by atoms with Gasteiger partial charge in [-0.3, -0.25) is 10.1 Å². The average molecular weight is 331 g/mol. The molecule has 94 valence electrons. The molecule has 0 N–H and O–H groups in total. The van der Waals surface area contributed by atoms with Crippen molar-refractivity contribution >= 4 is 33.2 Å². The highest BCUT2D eigenvalue weighted by atomic mass is 79.9. The third-order valence-corrected chi connectivity index (χ3v) is 4.03. The molecule has 1 heterocycles. The molecule has 0 radical (unpaired) electrons. The Hall–Kier alpha value is -1.40. The molecule has 0 bridgehead atoms. The molecule has 18 heavy (non-hydrogen) atoms. The highest BCUT2D eigenvalue weighted by Gasteiger charge is 2.22. The molecule has 0 saturated carbocycles. The van der Waals surface area contributed by atoms with Crippen LogP contribution < -0.4 is 0 Å². The van der Waals surface area contributed by atoms with Crippen molar-refractivity contribution in [1.29, 1.82) is 0 Å². The van der Waals surface area contributed by atoms with Crippen molar-refractivity contribution in [3.05, 3.63) is 49.2 Å². The molecule has 0 fully saturated rings. The van der Waals surface area contributed by atoms with E-state index in [0.29, 0.717) is 5.69 Å². The number of nitro benzene ring substituents is 1. The van der Waals surface area contributed by atoms with Crippen LogP contribution >= 0.6 is 27.5 Å². The van der Waals surface area contributed by atoms with Crippen LogP contribution in [0.15, 0.2) is 22.7 Å². The van der Waals surface area contributed by atoms with Gasteiger partial charge in [-0.25, -0.2) is 4.68 Å². The van der Waals surface area contributed by atoms with E-state index in [1.165, 1.54) is 10.7 Å². The number of rotatable bonds is 2. The molecule has 0 saturated heterocycles. The molecule has 0 aliphatic heterocycles. The van der Waals surface area contributed by atoms with Gasteiger partial charge in [-0.15, -0.1) is 0 Å². The number of aromatic nitrogens is 2. The summed E-state index contributed by atoms with van der Waals surface area (Å²) in [6, 6.07) is 4.77. The number of nitrogens with zero attached hydrogens (tertiary/aromatic N) is 3. The summed E-state index contributed by atoms with van der Waals surface area (Å²) in [6.45, 7) is 3.65. The van der Waals surface area contributed by atoms with E-state index in [2.05, 4.69) is 21.0 Å². The number of aryl methyl sites for hydroxylation is 1. The molecule has 1 aromatic carbocycles. The van der Waals surface area contributed by atoms with Crippen molar-refractivity contribution in [3.63, 3.8) is 0 Å². The van der Waals surface area contributed by atoms with Gasteiger partial charge >= 0.3 is 5.69 Å². The van der Waals surface area contributed by atoms with E-state index in [1.807, 2.05) is 13.8 Å². The molecular weight excluding hydrogens is 321 g/mol. The van der Waals surface area contributed by atoms with Gasteiger partial charge in [-0.05, 0) is 41.9 Å². The van der Waals surface area contributed by atoms with Crippen LogP contribution in [0.5, 0.6) is 0 Å². The molecular formula is C11H9BrClN3O2. The van der Waals surface area contributed by atoms with Crippen LogP contribution in [0.3, 0.4) is 0 Å². The van der Waals surface area contributed by atoms with E-state index in [-0.39, 0.29) is 10.7 Å². The molecule has 0 atom stereocenters. The Balaban J connectivity index is 2.75. The van der Waals surface area contributed by atoms with Gasteiger partial charge in [0.05, 0.1) is 20.8 Å². The first-order chi connectivity index (χ1) is 8.43. The van der Waals surface area contributed by atoms with Crippen molar-refractivity contribution in [2.24, 2.45) is 0 Å². The summed E-state index contributed by atoms with van der Waals surface area (Å²) in [5, 5.41) is 15.5. The van der Waals surface area contributed by atoms with E-state index < -0.39 is 4.92 Å². The smallest absolute Gasteiger partial charge is 0.258 e. The lowest BCUT2D eigenvalue weighted by Gasteiger charge is -2.06. The lowest BCUT2D eigenvalue weighted by atomic mass is 10.2. The van der Waals surface area contributed by atoms with Gasteiger partial charge in [0.25, 0.3) is 0 Å². The Morgan fingerprint density at radius 1 is 1.44 bits per heavy atom. The van der Waals surface area contributed by atoms with E-state index in [4.69, 9.17) is 11.6 Å². The summed E-state index contributed by atoms with van der Waals surface area (Å²) in [5.41, 5.74) is 1.77. The predicted octanol–water partition coefficient (Wildman–Crippen LogP) is 3.81. The third-order valence-electron chi connectivity index (χ3n) is 2.58. The largest absolute Gasteiger partial charge is 0.313 e. The molecule has 1 aromatic heterocycles. The topological polar surface area (TPSA) is 61.0 Å². The summed E-state index contributed by atoms with van der Waals surface area (Å²) in [7, 11) is 0. The van der Waals surface area contributed by atoms with Crippen LogP contribution in [-0.4, -0.2) is 14.7 Å². The number of hydrogen-bond acceptors (Lipinski definition) is 3. The zero-order valence-electron chi connectivity index (χ0n) is 9.65. The third kappa shape index (κ3) is 2.02. The van der Waals surface area contributed by atoms with E-state index in [1.54, 1.807) is 12.1 Å². The minimum atomic E-state index is -0.498. The zero-order chi connectivity index (χ0) is 13.4. The first-order valence-corrected chi connectivity index (χ1v) is 6.25. The molecule has 0 aliphatic carbocycles. The molecule has 2 aromatic rings. The first kappa shape index (κ1) is 13.0. The van der Waals surface area contributed by atoms with E-state index in [0.717, 1.165) is 15.9 Å². The minimum Gasteiger partial charge on any atom is -0.258 e. The van der Waals surface area contributed by atoms with Crippen LogP contribution in [0.2, 0.25) is 5.02 Å². The van der Waals surface area contributed by atoms with Gasteiger partial charge in [-0.2, -0.15) is 5.10 Å². The lowest BCUT2D eigenvalue weighted by Crippen LogP contribution is -2.04. The Morgan fingerprint density at radius 2 is 2.11 bits per heavy atom. The highest BCUT2D eigenvalue weighted by Crippen LogP contribution is 2.33. The summed E-state index contributed by atoms with van der Waals surface area (Å²) in [6.07, 6.45) is 0. The molecule has 0 spiro atoms. The molecule has 0 unspecified atom stereocenters. The van der Waals surface area contributed by atoms with E-state index >= 15 is 0 Å². The maximum absolute atomic E-state index is 11.1. The number of para-hydroxylation sites is 1. The predicted molar refractivity (Wildman–Crippen MR) is 72.4 cm³/mol. The number of benzene rings is 1. The summed E-state index contributed by atoms with van der Waals surface area (Å²) in [5.74, 6) is 0. The van der Waals surface area contributed by atoms with Crippen LogP contribution in [0, 0.1) is 24.0 Å². The number of halogens is 2. The van der Waals surface area contributed by atoms with Crippen molar-refractivity contribution in [1.82, 2.24) is 9.78 Å². The van der Waals surface area contributed by atoms with Crippen molar-refractivity contribution in [2.45, 2.75) is 13.8 Å². The Morgan fingerprint density at radius 3 is 2.61 bits per heavy atom. The SMILES string of the molecule is Cc1nn(-c2cccc(Cl)c2[N+](=O)[O-])c(C)c1Br. The van der Waals surface area contributed by atoms with Crippen molar-refractivity contribution < 1.29 is 4.92 Å². The normalized spacial score (nSPS) is 10.7. The summed E-state index contributed by atoms with van der Waals surface area (Å²) < 4.78 is 2.35. The molecule has 2 rings (SSSR count). The van der Waals surface area contributed by atoms with Crippen LogP contribution in [0.1, 0.15) is 11.4 Å². The van der Waals surface area contributed by atoms with Gasteiger partial charge in [0.15, 0.2) is 0 Å². The first-order valence-electron chi connectivity index (χ1n) is 5.08. The van der Waals surface area contributed by atoms with Gasteiger partial charge in [0.1, 0.15) is 10.7 Å². The van der Waals surface area contributed by atoms with Crippen molar-refractivity contribution in [2.75, 3.05) is 0 Å². The highest BCUT2D eigenvalue weighted by molar-refractivity contribution is 9.10. The Labute approximate surface area is 117 Å². The molecule has 0 aliphatic rings. The summed E-state index contributed by atoms with van der Waals surface area (Å²) >= 11 is 9.27. The fourth-order valence-electron chi connectivity index (χ4n) is 1.71. The van der Waals surface area contributed by atoms with Crippen LogP contribution in [-0.2, 0) is 0 Å². The summed E-state index contributed by atoms with van der Waals surface area (Å²) in [4.78, 5) is 10.6. The fraction of sp³-hybridized carbons (Fsp3) is 0.182. The quantitative estimate of drug-likeness (QED) is 0.621. The van der Waals surface area contributed by atoms with Gasteiger partial charge in [0.2, 0.25) is 0 Å². The second-order valence-electron chi connectivity index (χ2n) is 3.76. The fourth-order valence-corrected chi connectivity index (χ4v) is 2.20. The lowest BCUT2D eigenvalue weighted by molar-refractivity contribution is -0.384. The van der Waals surface area contributed by atoms with E-state index in [9.17, 15) is 10.1 Å². The maximum Gasteiger partial charge on any atom is 0.313 e. The van der Waals surface area contributed by atoms with Gasteiger partial charge < -0.3 is 0 Å². The average Bonchev–Trinajstić information content (AvgIpc) is 2.56. The van der Waals surface area contributed by atoms with Gasteiger partial charge in [-0.1, -0.05) is 17.7 Å². The van der Waals surface area contributed by atoms with Crippen LogP contribution in [0.25, 0.3) is 5.69 Å². The van der Waals surface area contributed by atoms with Crippen LogP contribution in [0.4, 0.5) is 5.69 Å². The second kappa shape index (κ2) is 4.70. The minimum absolute atomic E-state index is 0.0983. The zero-order valence-corrected chi connectivity index (χ0v) is 12.0. The van der Waals surface area contributed by atoms with Gasteiger partial charge in [0, 0.05) is 0 Å². The number of hydrogen-bond donors (Lipinski definition) is 0. The molecule has 7 heteroatoms. The number of nitro groups is 1. The Kier molecular flexibility index (Phi) is 3.41.